The molecule has 3 rings (SSSR count). The molecule has 0 radical (unpaired) electrons. The van der Waals surface area contributed by atoms with Crippen LogP contribution in [-0.4, -0.2) is 11.1 Å². The molecule has 0 bridgehead atoms. The van der Waals surface area contributed by atoms with Crippen molar-refractivity contribution in [2.24, 2.45) is 5.41 Å². The summed E-state index contributed by atoms with van der Waals surface area (Å²) in [5.41, 5.74) is 7.04. The second-order valence-electron chi connectivity index (χ2n) is 8.02. The predicted molar refractivity (Wildman–Crippen MR) is 112 cm³/mol. The zero-order chi connectivity index (χ0) is 18.9. The van der Waals surface area contributed by atoms with Crippen molar-refractivity contribution in [3.05, 3.63) is 68.7 Å². The third-order valence-corrected chi connectivity index (χ3v) is 6.05. The highest BCUT2D eigenvalue weighted by atomic mass is 79.9. The normalized spacial score (nSPS) is 16.7. The summed E-state index contributed by atoms with van der Waals surface area (Å²) in [6.45, 7) is 6.83. The Labute approximate surface area is 164 Å². The van der Waals surface area contributed by atoms with Crippen LogP contribution in [0.2, 0.25) is 0 Å². The molecule has 1 N–H and O–H groups in total. The Hall–Kier alpha value is -1.87. The van der Waals surface area contributed by atoms with E-state index in [0.29, 0.717) is 11.0 Å². The van der Waals surface area contributed by atoms with E-state index in [9.17, 15) is 4.79 Å². The van der Waals surface area contributed by atoms with Crippen LogP contribution in [-0.2, 0) is 12.8 Å². The third-order valence-electron chi connectivity index (χ3n) is 5.40. The molecule has 2 aromatic carbocycles. The van der Waals surface area contributed by atoms with Gasteiger partial charge < -0.3 is 5.11 Å². The fourth-order valence-electron chi connectivity index (χ4n) is 3.55. The van der Waals surface area contributed by atoms with Gasteiger partial charge in [0.15, 0.2) is 0 Å². The fraction of sp³-hybridized carbons (Fsp3) is 0.348. The Balaban J connectivity index is 1.91. The van der Waals surface area contributed by atoms with E-state index in [4.69, 9.17) is 5.11 Å². The van der Waals surface area contributed by atoms with Crippen molar-refractivity contribution in [1.82, 2.24) is 0 Å². The number of fused-ring (bicyclic) bond motifs is 1. The highest BCUT2D eigenvalue weighted by Crippen LogP contribution is 2.37. The van der Waals surface area contributed by atoms with E-state index in [1.165, 1.54) is 35.1 Å². The van der Waals surface area contributed by atoms with Gasteiger partial charge in [-0.05, 0) is 84.0 Å². The highest BCUT2D eigenvalue weighted by molar-refractivity contribution is 9.10. The molecule has 0 aromatic heterocycles. The van der Waals surface area contributed by atoms with Crippen LogP contribution in [0, 0.1) is 5.41 Å². The lowest BCUT2D eigenvalue weighted by Crippen LogP contribution is -2.10. The molecule has 0 heterocycles. The van der Waals surface area contributed by atoms with Crippen molar-refractivity contribution in [3.63, 3.8) is 0 Å². The molecule has 0 spiro atoms. The highest BCUT2D eigenvalue weighted by Gasteiger charge is 2.23. The number of carboxylic acids is 1. The van der Waals surface area contributed by atoms with Gasteiger partial charge in [0.2, 0.25) is 0 Å². The monoisotopic (exact) mass is 412 g/mol. The molecular formula is C23H25BrO2. The molecule has 0 atom stereocenters. The number of halogens is 1. The van der Waals surface area contributed by atoms with Crippen molar-refractivity contribution in [1.29, 1.82) is 0 Å². The van der Waals surface area contributed by atoms with Gasteiger partial charge in [0.25, 0.3) is 0 Å². The Bertz CT molecular complexity index is 861. The molecule has 0 saturated carbocycles. The zero-order valence-electron chi connectivity index (χ0n) is 15.6. The molecule has 1 aliphatic rings. The SMILES string of the molecule is C/C(=C/c1ccc(C(=O)O)cc1)c1cc2c(cc1Br)CCC(C)(C)CC2. The van der Waals surface area contributed by atoms with E-state index in [-0.39, 0.29) is 0 Å². The van der Waals surface area contributed by atoms with Crippen LogP contribution >= 0.6 is 15.9 Å². The fourth-order valence-corrected chi connectivity index (χ4v) is 4.25. The van der Waals surface area contributed by atoms with Gasteiger partial charge in [-0.1, -0.05) is 54.1 Å². The van der Waals surface area contributed by atoms with Crippen molar-refractivity contribution in [2.45, 2.75) is 46.5 Å². The van der Waals surface area contributed by atoms with Gasteiger partial charge in [-0.3, -0.25) is 0 Å². The summed E-state index contributed by atoms with van der Waals surface area (Å²) < 4.78 is 1.13. The number of aromatic carboxylic acids is 1. The van der Waals surface area contributed by atoms with Crippen molar-refractivity contribution in [3.8, 4) is 0 Å². The topological polar surface area (TPSA) is 37.3 Å². The van der Waals surface area contributed by atoms with Crippen LogP contribution in [0.5, 0.6) is 0 Å². The number of carbonyl (C=O) groups is 1. The van der Waals surface area contributed by atoms with Crippen LogP contribution in [0.15, 0.2) is 40.9 Å². The minimum absolute atomic E-state index is 0.314. The van der Waals surface area contributed by atoms with Crippen molar-refractivity contribution >= 4 is 33.5 Å². The third kappa shape index (κ3) is 4.27. The molecule has 26 heavy (non-hydrogen) atoms. The van der Waals surface area contributed by atoms with Gasteiger partial charge in [-0.15, -0.1) is 0 Å². The lowest BCUT2D eigenvalue weighted by molar-refractivity contribution is 0.0697. The van der Waals surface area contributed by atoms with Gasteiger partial charge >= 0.3 is 5.97 Å². The van der Waals surface area contributed by atoms with Crippen LogP contribution in [0.3, 0.4) is 0 Å². The molecule has 0 fully saturated rings. The van der Waals surface area contributed by atoms with Gasteiger partial charge in [0.1, 0.15) is 0 Å². The standard InChI is InChI=1S/C23H25BrO2/c1-15(12-16-4-6-17(7-5-16)22(25)26)20-13-18-8-10-23(2,3)11-9-19(18)14-21(20)24/h4-7,12-14H,8-11H2,1-3H3,(H,25,26)/b15-12-. The first kappa shape index (κ1) is 18.9. The molecule has 2 aromatic rings. The first-order chi connectivity index (χ1) is 12.2. The molecule has 0 saturated heterocycles. The van der Waals surface area contributed by atoms with Gasteiger partial charge in [-0.2, -0.15) is 0 Å². The van der Waals surface area contributed by atoms with E-state index >= 15 is 0 Å². The maximum atomic E-state index is 11.0. The molecule has 0 unspecified atom stereocenters. The van der Waals surface area contributed by atoms with E-state index in [1.807, 2.05) is 12.1 Å². The number of carboxylic acid groups (broad SMARTS) is 1. The van der Waals surface area contributed by atoms with E-state index in [1.54, 1.807) is 12.1 Å². The van der Waals surface area contributed by atoms with Crippen LogP contribution in [0.1, 0.15) is 66.2 Å². The number of allylic oxidation sites excluding steroid dienone is 1. The number of rotatable bonds is 3. The molecule has 3 heteroatoms. The quantitative estimate of drug-likeness (QED) is 0.454. The lowest BCUT2D eigenvalue weighted by Gasteiger charge is -2.21. The Morgan fingerprint density at radius 2 is 1.65 bits per heavy atom. The maximum absolute atomic E-state index is 11.0. The summed E-state index contributed by atoms with van der Waals surface area (Å²) in [5, 5.41) is 9.02. The number of benzene rings is 2. The Morgan fingerprint density at radius 3 is 2.23 bits per heavy atom. The Morgan fingerprint density at radius 1 is 1.08 bits per heavy atom. The smallest absolute Gasteiger partial charge is 0.335 e. The number of hydrogen-bond acceptors (Lipinski definition) is 1. The minimum atomic E-state index is -0.895. The van der Waals surface area contributed by atoms with Crippen LogP contribution in [0.4, 0.5) is 0 Å². The molecule has 0 amide bonds. The lowest BCUT2D eigenvalue weighted by atomic mass is 9.85. The number of aryl methyl sites for hydroxylation is 2. The maximum Gasteiger partial charge on any atom is 0.335 e. The molecular weight excluding hydrogens is 388 g/mol. The van der Waals surface area contributed by atoms with Crippen LogP contribution in [0.25, 0.3) is 11.6 Å². The molecule has 2 nitrogen and oxygen atoms in total. The van der Waals surface area contributed by atoms with E-state index in [2.05, 4.69) is 54.9 Å². The second-order valence-corrected chi connectivity index (χ2v) is 8.87. The van der Waals surface area contributed by atoms with E-state index < -0.39 is 5.97 Å². The molecule has 136 valence electrons. The van der Waals surface area contributed by atoms with Crippen LogP contribution < -0.4 is 0 Å². The van der Waals surface area contributed by atoms with E-state index in [0.717, 1.165) is 22.9 Å². The second kappa shape index (κ2) is 7.40. The summed E-state index contributed by atoms with van der Waals surface area (Å²) in [6, 6.07) is 11.6. The zero-order valence-corrected chi connectivity index (χ0v) is 17.2. The van der Waals surface area contributed by atoms with Gasteiger partial charge in [0, 0.05) is 4.47 Å². The summed E-state index contributed by atoms with van der Waals surface area (Å²) in [6.07, 6.45) is 6.83. The average molecular weight is 413 g/mol. The van der Waals surface area contributed by atoms with Crippen molar-refractivity contribution < 1.29 is 9.90 Å². The first-order valence-electron chi connectivity index (χ1n) is 9.08. The average Bonchev–Trinajstić information content (AvgIpc) is 2.73. The number of hydrogen-bond donors (Lipinski definition) is 1. The first-order valence-corrected chi connectivity index (χ1v) is 9.88. The van der Waals surface area contributed by atoms with Gasteiger partial charge in [-0.25, -0.2) is 4.79 Å². The predicted octanol–water partition coefficient (Wildman–Crippen LogP) is 6.61. The molecule has 1 aliphatic carbocycles. The van der Waals surface area contributed by atoms with Gasteiger partial charge in [0.05, 0.1) is 5.56 Å². The minimum Gasteiger partial charge on any atom is -0.478 e. The molecule has 0 aliphatic heterocycles. The Kier molecular flexibility index (Phi) is 5.38. The summed E-state index contributed by atoms with van der Waals surface area (Å²) in [4.78, 5) is 11.0. The largest absolute Gasteiger partial charge is 0.478 e. The summed E-state index contributed by atoms with van der Waals surface area (Å²) in [5.74, 6) is -0.895. The summed E-state index contributed by atoms with van der Waals surface area (Å²) in [7, 11) is 0. The van der Waals surface area contributed by atoms with Crippen molar-refractivity contribution in [2.75, 3.05) is 0 Å². The summed E-state index contributed by atoms with van der Waals surface area (Å²) >= 11 is 3.76.